The Kier molecular flexibility index (Phi) is 5.12. The molecular formula is C31H39N5O2. The number of pyridine rings is 1. The van der Waals surface area contributed by atoms with Crippen molar-refractivity contribution >= 4 is 0 Å². The lowest BCUT2D eigenvalue weighted by molar-refractivity contribution is -0.173. The van der Waals surface area contributed by atoms with Crippen LogP contribution in [0.4, 0.5) is 0 Å². The molecule has 7 nitrogen and oxygen atoms in total. The van der Waals surface area contributed by atoms with Crippen molar-refractivity contribution in [3.8, 4) is 11.4 Å². The Morgan fingerprint density at radius 1 is 1.05 bits per heavy atom. The van der Waals surface area contributed by atoms with Crippen molar-refractivity contribution in [2.75, 3.05) is 26.7 Å². The van der Waals surface area contributed by atoms with E-state index in [-0.39, 0.29) is 22.9 Å². The van der Waals surface area contributed by atoms with Gasteiger partial charge in [0, 0.05) is 54.0 Å². The van der Waals surface area contributed by atoms with E-state index in [0.717, 1.165) is 67.7 Å². The molecule has 1 aromatic carbocycles. The largest absolute Gasteiger partial charge is 0.396 e. The Balaban J connectivity index is 1.29. The number of rotatable bonds is 8. The molecule has 5 fully saturated rings. The number of aliphatic hydroxyl groups excluding tert-OH is 1. The van der Waals surface area contributed by atoms with E-state index in [0.29, 0.717) is 17.8 Å². The molecule has 3 aromatic rings. The molecular weight excluding hydrogens is 474 g/mol. The van der Waals surface area contributed by atoms with Crippen molar-refractivity contribution in [1.82, 2.24) is 24.6 Å². The Labute approximate surface area is 224 Å². The molecule has 38 heavy (non-hydrogen) atoms. The number of nitrogens with zero attached hydrogens (tertiary/aromatic N) is 5. The second-order valence-electron chi connectivity index (χ2n) is 13.6. The summed E-state index contributed by atoms with van der Waals surface area (Å²) in [6.07, 6.45) is 8.97. The van der Waals surface area contributed by atoms with Crippen molar-refractivity contribution in [2.24, 2.45) is 10.8 Å². The predicted octanol–water partition coefficient (Wildman–Crippen LogP) is 4.40. The van der Waals surface area contributed by atoms with E-state index in [1.807, 2.05) is 12.4 Å². The number of aromatic nitrogens is 4. The number of benzene rings is 1. The van der Waals surface area contributed by atoms with Crippen molar-refractivity contribution in [3.63, 3.8) is 0 Å². The molecule has 0 unspecified atom stereocenters. The Morgan fingerprint density at radius 3 is 2.32 bits per heavy atom. The standard InChI is InChI=1S/C31H39N5O2/c1-20(2)21-5-7-23(8-6-21)31(38,28(3)17-35(4)18-28)24-11-22(12-32-13-24)26-33-27(36(34-26)25-9-10-25)30-14-29(15-30,16-30)19-37/h5-8,11-13,20,25,37-38H,9-10,14-19H2,1-4H3/t29?,30?,31-/m0/s1. The molecule has 0 amide bonds. The highest BCUT2D eigenvalue weighted by Crippen LogP contribution is 2.73. The summed E-state index contributed by atoms with van der Waals surface area (Å²) in [6, 6.07) is 10.9. The highest BCUT2D eigenvalue weighted by atomic mass is 16.3. The molecule has 4 saturated carbocycles. The molecule has 1 saturated heterocycles. The van der Waals surface area contributed by atoms with Gasteiger partial charge in [-0.05, 0) is 67.7 Å². The maximum Gasteiger partial charge on any atom is 0.182 e. The molecule has 2 aromatic heterocycles. The smallest absolute Gasteiger partial charge is 0.182 e. The first kappa shape index (κ1) is 24.4. The lowest BCUT2D eigenvalue weighted by Crippen LogP contribution is -2.67. The summed E-state index contributed by atoms with van der Waals surface area (Å²) in [4.78, 5) is 12.0. The van der Waals surface area contributed by atoms with Crippen LogP contribution in [0.2, 0.25) is 0 Å². The topological polar surface area (TPSA) is 87.3 Å². The average Bonchev–Trinajstić information content (AvgIpc) is 3.60. The molecule has 2 N–H and O–H groups in total. The molecule has 1 atom stereocenters. The van der Waals surface area contributed by atoms with Crippen molar-refractivity contribution in [3.05, 3.63) is 65.2 Å². The van der Waals surface area contributed by atoms with Crippen LogP contribution in [0.25, 0.3) is 11.4 Å². The summed E-state index contributed by atoms with van der Waals surface area (Å²) in [5, 5.41) is 27.4. The van der Waals surface area contributed by atoms with Gasteiger partial charge in [-0.3, -0.25) is 4.98 Å². The van der Waals surface area contributed by atoms with Crippen molar-refractivity contribution < 1.29 is 10.2 Å². The van der Waals surface area contributed by atoms with Gasteiger partial charge in [-0.2, -0.15) is 5.10 Å². The summed E-state index contributed by atoms with van der Waals surface area (Å²) in [6.45, 7) is 8.43. The summed E-state index contributed by atoms with van der Waals surface area (Å²) in [5.41, 5.74) is 2.45. The van der Waals surface area contributed by atoms with Crippen LogP contribution in [-0.4, -0.2) is 61.6 Å². The molecule has 1 aliphatic heterocycles. The summed E-state index contributed by atoms with van der Waals surface area (Å²) in [5.74, 6) is 2.21. The van der Waals surface area contributed by atoms with Crippen LogP contribution in [0, 0.1) is 10.8 Å². The van der Waals surface area contributed by atoms with Gasteiger partial charge in [0.05, 0.1) is 6.04 Å². The van der Waals surface area contributed by atoms with Gasteiger partial charge in [0.1, 0.15) is 11.4 Å². The molecule has 5 aliphatic rings. The van der Waals surface area contributed by atoms with Crippen LogP contribution < -0.4 is 0 Å². The fourth-order valence-electron chi connectivity index (χ4n) is 7.89. The molecule has 4 aliphatic carbocycles. The maximum atomic E-state index is 12.6. The van der Waals surface area contributed by atoms with E-state index in [1.54, 1.807) is 0 Å². The summed E-state index contributed by atoms with van der Waals surface area (Å²) < 4.78 is 2.17. The van der Waals surface area contributed by atoms with E-state index in [4.69, 9.17) is 10.1 Å². The average molecular weight is 514 g/mol. The number of likely N-dealkylation sites (tertiary alicyclic amines) is 1. The van der Waals surface area contributed by atoms with E-state index in [1.165, 1.54) is 5.56 Å². The normalized spacial score (nSPS) is 29.3. The minimum absolute atomic E-state index is 0.0739. The summed E-state index contributed by atoms with van der Waals surface area (Å²) in [7, 11) is 2.10. The highest BCUT2D eigenvalue weighted by molar-refractivity contribution is 5.57. The van der Waals surface area contributed by atoms with Crippen molar-refractivity contribution in [1.29, 1.82) is 0 Å². The van der Waals surface area contributed by atoms with Gasteiger partial charge >= 0.3 is 0 Å². The number of hydrogen-bond acceptors (Lipinski definition) is 6. The second-order valence-corrected chi connectivity index (χ2v) is 13.6. The van der Waals surface area contributed by atoms with Gasteiger partial charge in [0.2, 0.25) is 0 Å². The van der Waals surface area contributed by atoms with Gasteiger partial charge in [-0.15, -0.1) is 0 Å². The monoisotopic (exact) mass is 513 g/mol. The third-order valence-corrected chi connectivity index (χ3v) is 9.99. The van der Waals surface area contributed by atoms with Gasteiger partial charge in [-0.25, -0.2) is 9.67 Å². The first-order valence-electron chi connectivity index (χ1n) is 14.2. The molecule has 0 spiro atoms. The molecule has 2 bridgehead atoms. The maximum absolute atomic E-state index is 12.6. The molecule has 3 heterocycles. The van der Waals surface area contributed by atoms with Crippen LogP contribution >= 0.6 is 0 Å². The number of aliphatic hydroxyl groups is 2. The molecule has 7 heteroatoms. The van der Waals surface area contributed by atoms with Crippen LogP contribution in [0.1, 0.15) is 87.3 Å². The van der Waals surface area contributed by atoms with Gasteiger partial charge in [-0.1, -0.05) is 45.0 Å². The lowest BCUT2D eigenvalue weighted by atomic mass is 9.35. The quantitative estimate of drug-likeness (QED) is 0.464. The summed E-state index contributed by atoms with van der Waals surface area (Å²) >= 11 is 0. The van der Waals surface area contributed by atoms with E-state index >= 15 is 0 Å². The third-order valence-electron chi connectivity index (χ3n) is 9.99. The third kappa shape index (κ3) is 3.34. The Bertz CT molecular complexity index is 1370. The predicted molar refractivity (Wildman–Crippen MR) is 146 cm³/mol. The Morgan fingerprint density at radius 2 is 1.74 bits per heavy atom. The fraction of sp³-hybridized carbons (Fsp3) is 0.581. The van der Waals surface area contributed by atoms with Crippen LogP contribution in [0.5, 0.6) is 0 Å². The minimum atomic E-state index is -1.19. The zero-order chi connectivity index (χ0) is 26.5. The van der Waals surface area contributed by atoms with Crippen LogP contribution in [0.3, 0.4) is 0 Å². The second kappa shape index (κ2) is 7.96. The minimum Gasteiger partial charge on any atom is -0.396 e. The van der Waals surface area contributed by atoms with E-state index in [9.17, 15) is 10.2 Å². The fourth-order valence-corrected chi connectivity index (χ4v) is 7.89. The van der Waals surface area contributed by atoms with E-state index in [2.05, 4.69) is 72.7 Å². The first-order chi connectivity index (χ1) is 18.1. The zero-order valence-corrected chi connectivity index (χ0v) is 23.0. The van der Waals surface area contributed by atoms with Crippen LogP contribution in [0.15, 0.2) is 42.7 Å². The number of hydrogen-bond donors (Lipinski definition) is 2. The van der Waals surface area contributed by atoms with Gasteiger partial charge in [0.25, 0.3) is 0 Å². The lowest BCUT2D eigenvalue weighted by Gasteiger charge is -2.69. The SMILES string of the molecule is CC(C)c1ccc([C@](O)(c2cncc(-c3nc(C45CC(CO)(C4)C5)n(C4CC4)n3)c2)C2(C)CN(C)C2)cc1. The molecule has 8 rings (SSSR count). The zero-order valence-electron chi connectivity index (χ0n) is 23.0. The Hall–Kier alpha value is -2.61. The highest BCUT2D eigenvalue weighted by Gasteiger charge is 2.70. The van der Waals surface area contributed by atoms with Gasteiger partial charge < -0.3 is 15.1 Å². The van der Waals surface area contributed by atoms with Crippen molar-refractivity contribution in [2.45, 2.75) is 75.9 Å². The molecule has 200 valence electrons. The van der Waals surface area contributed by atoms with Crippen LogP contribution in [-0.2, 0) is 11.0 Å². The van der Waals surface area contributed by atoms with Gasteiger partial charge in [0.15, 0.2) is 5.82 Å². The van der Waals surface area contributed by atoms with E-state index < -0.39 is 5.60 Å². The first-order valence-corrected chi connectivity index (χ1v) is 14.2. The molecule has 0 radical (unpaired) electrons.